The minimum absolute atomic E-state index is 0. The maximum Gasteiger partial charge on any atom is 0.107 e. The molecule has 0 spiro atoms. The minimum atomic E-state index is -0.0551. The van der Waals surface area contributed by atoms with E-state index in [1.165, 1.54) is 5.56 Å². The van der Waals surface area contributed by atoms with Crippen LogP contribution in [-0.2, 0) is 6.42 Å². The molecule has 0 aliphatic heterocycles. The molecule has 130 valence electrons. The van der Waals surface area contributed by atoms with Crippen LogP contribution in [0.25, 0.3) is 0 Å². The van der Waals surface area contributed by atoms with Crippen molar-refractivity contribution in [2.24, 2.45) is 4.99 Å². The highest BCUT2D eigenvalue weighted by atomic mass is 79.9. The number of nitrogens with zero attached hydrogens (tertiary/aromatic N) is 2. The standard InChI is InChI=1S/C20H26N2O.BrH/c1-16-9-8-10-17(2)20(16)21-19(23)15-22(3,4)14-13-18-11-6-5-7-12-18;/h5-12H,13-15H2,1-4H3;1H. The second-order valence-electron chi connectivity index (χ2n) is 6.80. The molecule has 0 aromatic heterocycles. The van der Waals surface area contributed by atoms with Crippen LogP contribution in [0.4, 0.5) is 5.69 Å². The lowest BCUT2D eigenvalue weighted by atomic mass is 10.1. The number of aryl methyl sites for hydroxylation is 2. The lowest BCUT2D eigenvalue weighted by Gasteiger charge is -2.32. The Bertz CT molecular complexity index is 661. The third-order valence-corrected chi connectivity index (χ3v) is 4.09. The topological polar surface area (TPSA) is 35.4 Å². The Morgan fingerprint density at radius 3 is 2.12 bits per heavy atom. The Kier molecular flexibility index (Phi) is 7.64. The lowest BCUT2D eigenvalue weighted by molar-refractivity contribution is -0.883. The van der Waals surface area contributed by atoms with E-state index in [-0.39, 0.29) is 22.9 Å². The number of hydrogen-bond acceptors (Lipinski definition) is 2. The lowest BCUT2D eigenvalue weighted by Crippen LogP contribution is -2.48. The van der Waals surface area contributed by atoms with Crippen LogP contribution in [-0.4, -0.2) is 37.6 Å². The van der Waals surface area contributed by atoms with E-state index in [4.69, 9.17) is 0 Å². The van der Waals surface area contributed by atoms with Crippen LogP contribution in [0.2, 0.25) is 0 Å². The first-order valence-electron chi connectivity index (χ1n) is 8.04. The SMILES string of the molecule is Br.Cc1cccc(C)c1N=C([O-])C[N+](C)(C)CCc1ccccc1. The Morgan fingerprint density at radius 2 is 1.54 bits per heavy atom. The van der Waals surface area contributed by atoms with Gasteiger partial charge in [0.05, 0.1) is 26.3 Å². The first-order chi connectivity index (χ1) is 10.9. The third-order valence-electron chi connectivity index (χ3n) is 4.09. The molecule has 0 heterocycles. The fraction of sp³-hybridized carbons (Fsp3) is 0.350. The van der Waals surface area contributed by atoms with Gasteiger partial charge in [-0.15, -0.1) is 17.0 Å². The summed E-state index contributed by atoms with van der Waals surface area (Å²) in [6.45, 7) is 5.32. The number of rotatable bonds is 6. The summed E-state index contributed by atoms with van der Waals surface area (Å²) in [6, 6.07) is 16.4. The molecule has 0 saturated heterocycles. The second kappa shape index (κ2) is 9.00. The zero-order chi connectivity index (χ0) is 16.9. The molecule has 0 aliphatic carbocycles. The number of benzene rings is 2. The zero-order valence-electron chi connectivity index (χ0n) is 15.0. The number of likely N-dealkylation sites (N-methyl/N-ethyl adjacent to an activating group) is 1. The van der Waals surface area contributed by atoms with Crippen molar-refractivity contribution in [3.8, 4) is 0 Å². The van der Waals surface area contributed by atoms with E-state index in [0.29, 0.717) is 11.0 Å². The fourth-order valence-corrected chi connectivity index (χ4v) is 2.66. The predicted octanol–water partition coefficient (Wildman–Crippen LogP) is 3.59. The van der Waals surface area contributed by atoms with Gasteiger partial charge in [-0.2, -0.15) is 0 Å². The van der Waals surface area contributed by atoms with Crippen LogP contribution in [0.1, 0.15) is 16.7 Å². The van der Waals surface area contributed by atoms with E-state index in [2.05, 4.69) is 43.4 Å². The molecule has 2 aromatic rings. The van der Waals surface area contributed by atoms with Crippen molar-refractivity contribution < 1.29 is 9.59 Å². The van der Waals surface area contributed by atoms with Crippen molar-refractivity contribution in [1.82, 2.24) is 0 Å². The molecule has 3 nitrogen and oxygen atoms in total. The number of halogens is 1. The number of para-hydroxylation sites is 1. The average molecular weight is 391 g/mol. The van der Waals surface area contributed by atoms with E-state index in [1.807, 2.05) is 38.1 Å². The molecule has 0 unspecified atom stereocenters. The van der Waals surface area contributed by atoms with Crippen molar-refractivity contribution >= 4 is 28.6 Å². The average Bonchev–Trinajstić information content (AvgIpc) is 2.50. The van der Waals surface area contributed by atoms with Crippen molar-refractivity contribution in [2.45, 2.75) is 20.3 Å². The molecular weight excluding hydrogens is 364 g/mol. The number of aliphatic imine (C=N–C) groups is 1. The highest BCUT2D eigenvalue weighted by Crippen LogP contribution is 2.22. The van der Waals surface area contributed by atoms with Gasteiger partial charge in [0.2, 0.25) is 0 Å². The molecule has 2 rings (SSSR count). The molecule has 0 atom stereocenters. The Labute approximate surface area is 156 Å². The third kappa shape index (κ3) is 6.10. The molecule has 0 N–H and O–H groups in total. The number of quaternary nitrogens is 1. The summed E-state index contributed by atoms with van der Waals surface area (Å²) < 4.78 is 0.641. The summed E-state index contributed by atoms with van der Waals surface area (Å²) in [7, 11) is 4.17. The van der Waals surface area contributed by atoms with Crippen LogP contribution in [0.3, 0.4) is 0 Å². The normalized spacial score (nSPS) is 11.9. The van der Waals surface area contributed by atoms with Crippen LogP contribution < -0.4 is 5.11 Å². The van der Waals surface area contributed by atoms with Crippen molar-refractivity contribution in [3.05, 3.63) is 65.2 Å². The summed E-state index contributed by atoms with van der Waals surface area (Å²) >= 11 is 0. The van der Waals surface area contributed by atoms with Crippen LogP contribution in [0, 0.1) is 13.8 Å². The van der Waals surface area contributed by atoms with Crippen molar-refractivity contribution in [3.63, 3.8) is 0 Å². The monoisotopic (exact) mass is 390 g/mol. The summed E-state index contributed by atoms with van der Waals surface area (Å²) in [5.74, 6) is -0.0551. The van der Waals surface area contributed by atoms with Gasteiger partial charge in [-0.25, -0.2) is 0 Å². The first-order valence-corrected chi connectivity index (χ1v) is 8.04. The van der Waals surface area contributed by atoms with Gasteiger partial charge < -0.3 is 9.59 Å². The molecule has 0 amide bonds. The summed E-state index contributed by atoms with van der Waals surface area (Å²) in [6.07, 6.45) is 0.963. The molecule has 0 bridgehead atoms. The highest BCUT2D eigenvalue weighted by molar-refractivity contribution is 8.93. The largest absolute Gasteiger partial charge is 0.858 e. The smallest absolute Gasteiger partial charge is 0.107 e. The number of hydrogen-bond donors (Lipinski definition) is 0. The Hall–Kier alpha value is -1.65. The van der Waals surface area contributed by atoms with E-state index in [0.717, 1.165) is 29.8 Å². The Morgan fingerprint density at radius 1 is 0.958 bits per heavy atom. The molecule has 0 saturated carbocycles. The fourth-order valence-electron chi connectivity index (χ4n) is 2.66. The van der Waals surface area contributed by atoms with Gasteiger partial charge in [-0.3, -0.25) is 4.99 Å². The van der Waals surface area contributed by atoms with E-state index >= 15 is 0 Å². The maximum atomic E-state index is 12.4. The summed E-state index contributed by atoms with van der Waals surface area (Å²) in [5, 5.41) is 12.4. The van der Waals surface area contributed by atoms with Crippen molar-refractivity contribution in [2.75, 3.05) is 27.2 Å². The summed E-state index contributed by atoms with van der Waals surface area (Å²) in [4.78, 5) is 4.34. The van der Waals surface area contributed by atoms with Crippen molar-refractivity contribution in [1.29, 1.82) is 0 Å². The quantitative estimate of drug-likeness (QED) is 0.421. The van der Waals surface area contributed by atoms with Gasteiger partial charge in [-0.1, -0.05) is 48.5 Å². The van der Waals surface area contributed by atoms with E-state index < -0.39 is 0 Å². The van der Waals surface area contributed by atoms with Crippen LogP contribution >= 0.6 is 17.0 Å². The molecule has 0 fully saturated rings. The van der Waals surface area contributed by atoms with Gasteiger partial charge >= 0.3 is 0 Å². The predicted molar refractivity (Wildman–Crippen MR) is 105 cm³/mol. The molecule has 0 radical (unpaired) electrons. The van der Waals surface area contributed by atoms with Gasteiger partial charge in [0, 0.05) is 12.3 Å². The second-order valence-corrected chi connectivity index (χ2v) is 6.80. The summed E-state index contributed by atoms with van der Waals surface area (Å²) in [5.41, 5.74) is 4.22. The van der Waals surface area contributed by atoms with E-state index in [9.17, 15) is 5.11 Å². The van der Waals surface area contributed by atoms with Gasteiger partial charge in [0.25, 0.3) is 0 Å². The van der Waals surface area contributed by atoms with Crippen LogP contribution in [0.15, 0.2) is 53.5 Å². The molecule has 24 heavy (non-hydrogen) atoms. The minimum Gasteiger partial charge on any atom is -0.858 e. The highest BCUT2D eigenvalue weighted by Gasteiger charge is 2.15. The first kappa shape index (κ1) is 20.4. The molecule has 4 heteroatoms. The van der Waals surface area contributed by atoms with Crippen LogP contribution in [0.5, 0.6) is 0 Å². The van der Waals surface area contributed by atoms with Gasteiger partial charge in [0.15, 0.2) is 0 Å². The zero-order valence-corrected chi connectivity index (χ0v) is 16.7. The van der Waals surface area contributed by atoms with Gasteiger partial charge in [0.1, 0.15) is 6.54 Å². The van der Waals surface area contributed by atoms with Gasteiger partial charge in [-0.05, 0) is 30.5 Å². The van der Waals surface area contributed by atoms with E-state index in [1.54, 1.807) is 0 Å². The maximum absolute atomic E-state index is 12.4. The molecular formula is C20H27BrN2O. The molecule has 2 aromatic carbocycles. The molecule has 0 aliphatic rings. The Balaban J connectivity index is 0.00000288.